The Morgan fingerprint density at radius 2 is 1.92 bits per heavy atom. The Morgan fingerprint density at radius 1 is 1.20 bits per heavy atom. The van der Waals surface area contributed by atoms with Crippen LogP contribution in [0.4, 0.5) is 5.69 Å². The molecule has 0 unspecified atom stereocenters. The summed E-state index contributed by atoms with van der Waals surface area (Å²) < 4.78 is 10.4. The number of rotatable bonds is 6. The van der Waals surface area contributed by atoms with E-state index in [4.69, 9.17) is 14.7 Å². The number of carbonyl (C=O) groups is 2. The van der Waals surface area contributed by atoms with Crippen molar-refractivity contribution in [2.45, 2.75) is 20.0 Å². The quantitative estimate of drug-likeness (QED) is 0.818. The molecule has 1 amide bonds. The van der Waals surface area contributed by atoms with E-state index in [1.807, 2.05) is 25.1 Å². The van der Waals surface area contributed by atoms with Gasteiger partial charge in [-0.05, 0) is 55.8 Å². The standard InChI is InChI=1S/C19H18N2O4/c1-13-4-3-5-17(10-13)24-12-18(22)25-14(2)19(23)21-16-8-6-15(11-20)7-9-16/h3-10,14H,12H2,1-2H3,(H,21,23)/t14-/m1/s1. The van der Waals surface area contributed by atoms with Crippen LogP contribution in [0.25, 0.3) is 0 Å². The number of ether oxygens (including phenoxy) is 2. The number of anilines is 1. The van der Waals surface area contributed by atoms with Gasteiger partial charge in [-0.1, -0.05) is 12.1 Å². The summed E-state index contributed by atoms with van der Waals surface area (Å²) in [6.45, 7) is 3.11. The third-order valence-corrected chi connectivity index (χ3v) is 3.31. The zero-order valence-corrected chi connectivity index (χ0v) is 14.0. The average Bonchev–Trinajstić information content (AvgIpc) is 2.60. The van der Waals surface area contributed by atoms with Gasteiger partial charge in [-0.15, -0.1) is 0 Å². The zero-order chi connectivity index (χ0) is 18.2. The first-order valence-corrected chi connectivity index (χ1v) is 7.68. The van der Waals surface area contributed by atoms with Gasteiger partial charge in [-0.2, -0.15) is 5.26 Å². The molecule has 0 radical (unpaired) electrons. The molecule has 2 rings (SSSR count). The Hall–Kier alpha value is -3.33. The summed E-state index contributed by atoms with van der Waals surface area (Å²) in [5, 5.41) is 11.4. The van der Waals surface area contributed by atoms with Gasteiger partial charge in [0.15, 0.2) is 12.7 Å². The molecule has 25 heavy (non-hydrogen) atoms. The van der Waals surface area contributed by atoms with Crippen LogP contribution < -0.4 is 10.1 Å². The molecule has 0 fully saturated rings. The number of carbonyl (C=O) groups excluding carboxylic acids is 2. The number of hydrogen-bond acceptors (Lipinski definition) is 5. The molecule has 6 nitrogen and oxygen atoms in total. The highest BCUT2D eigenvalue weighted by molar-refractivity contribution is 5.95. The summed E-state index contributed by atoms with van der Waals surface area (Å²) in [4.78, 5) is 23.8. The second kappa shape index (κ2) is 8.50. The van der Waals surface area contributed by atoms with Crippen LogP contribution >= 0.6 is 0 Å². The van der Waals surface area contributed by atoms with Gasteiger partial charge in [0, 0.05) is 5.69 Å². The highest BCUT2D eigenvalue weighted by Crippen LogP contribution is 2.13. The minimum atomic E-state index is -0.968. The molecule has 0 aliphatic heterocycles. The predicted molar refractivity (Wildman–Crippen MR) is 92.0 cm³/mol. The number of nitrogens with one attached hydrogen (secondary N) is 1. The summed E-state index contributed by atoms with van der Waals surface area (Å²) in [6, 6.07) is 15.6. The van der Waals surface area contributed by atoms with Gasteiger partial charge in [-0.25, -0.2) is 4.79 Å². The van der Waals surface area contributed by atoms with Gasteiger partial charge in [0.25, 0.3) is 5.91 Å². The van der Waals surface area contributed by atoms with Crippen LogP contribution in [0.5, 0.6) is 5.75 Å². The predicted octanol–water partition coefficient (Wildman–Crippen LogP) is 2.82. The van der Waals surface area contributed by atoms with Crippen molar-refractivity contribution in [3.8, 4) is 11.8 Å². The molecule has 128 valence electrons. The SMILES string of the molecule is Cc1cccc(OCC(=O)O[C@H](C)C(=O)Nc2ccc(C#N)cc2)c1. The first-order chi connectivity index (χ1) is 12.0. The number of benzene rings is 2. The van der Waals surface area contributed by atoms with Gasteiger partial charge in [0.2, 0.25) is 0 Å². The summed E-state index contributed by atoms with van der Waals surface area (Å²) >= 11 is 0. The van der Waals surface area contributed by atoms with Crippen molar-refractivity contribution in [3.63, 3.8) is 0 Å². The molecule has 2 aromatic carbocycles. The number of amides is 1. The third kappa shape index (κ3) is 5.66. The second-order valence-electron chi connectivity index (χ2n) is 5.42. The number of nitrogens with zero attached hydrogens (tertiary/aromatic N) is 1. The van der Waals surface area contributed by atoms with Crippen LogP contribution in [0.15, 0.2) is 48.5 Å². The van der Waals surface area contributed by atoms with Crippen molar-refractivity contribution >= 4 is 17.6 Å². The van der Waals surface area contributed by atoms with E-state index in [0.717, 1.165) is 5.56 Å². The lowest BCUT2D eigenvalue weighted by atomic mass is 10.2. The fraction of sp³-hybridized carbons (Fsp3) is 0.211. The lowest BCUT2D eigenvalue weighted by Crippen LogP contribution is -2.31. The maximum absolute atomic E-state index is 12.0. The summed E-state index contributed by atoms with van der Waals surface area (Å²) in [6.07, 6.45) is -0.968. The maximum atomic E-state index is 12.0. The van der Waals surface area contributed by atoms with Crippen molar-refractivity contribution in [2.75, 3.05) is 11.9 Å². The lowest BCUT2D eigenvalue weighted by molar-refractivity contribution is -0.155. The Kier molecular flexibility index (Phi) is 6.13. The zero-order valence-electron chi connectivity index (χ0n) is 14.0. The van der Waals surface area contributed by atoms with E-state index in [9.17, 15) is 9.59 Å². The Bertz CT molecular complexity index is 794. The smallest absolute Gasteiger partial charge is 0.344 e. The molecular weight excluding hydrogens is 320 g/mol. The average molecular weight is 338 g/mol. The van der Waals surface area contributed by atoms with Crippen LogP contribution in [-0.4, -0.2) is 24.6 Å². The molecule has 0 aromatic heterocycles. The van der Waals surface area contributed by atoms with Crippen LogP contribution in [0.2, 0.25) is 0 Å². The third-order valence-electron chi connectivity index (χ3n) is 3.31. The largest absolute Gasteiger partial charge is 0.482 e. The molecular formula is C19H18N2O4. The Morgan fingerprint density at radius 3 is 2.56 bits per heavy atom. The minimum Gasteiger partial charge on any atom is -0.482 e. The highest BCUT2D eigenvalue weighted by atomic mass is 16.6. The lowest BCUT2D eigenvalue weighted by Gasteiger charge is -2.14. The Labute approximate surface area is 146 Å². The monoisotopic (exact) mass is 338 g/mol. The fourth-order valence-electron chi connectivity index (χ4n) is 2.00. The molecule has 6 heteroatoms. The topological polar surface area (TPSA) is 88.4 Å². The van der Waals surface area contributed by atoms with Crippen molar-refractivity contribution in [3.05, 3.63) is 59.7 Å². The maximum Gasteiger partial charge on any atom is 0.344 e. The molecule has 2 aromatic rings. The molecule has 0 saturated heterocycles. The van der Waals surface area contributed by atoms with Crippen molar-refractivity contribution < 1.29 is 19.1 Å². The van der Waals surface area contributed by atoms with E-state index < -0.39 is 18.0 Å². The first-order valence-electron chi connectivity index (χ1n) is 7.68. The number of esters is 1. The van der Waals surface area contributed by atoms with Crippen LogP contribution in [-0.2, 0) is 14.3 Å². The van der Waals surface area contributed by atoms with Gasteiger partial charge >= 0.3 is 5.97 Å². The van der Waals surface area contributed by atoms with Gasteiger partial charge in [-0.3, -0.25) is 4.79 Å². The van der Waals surface area contributed by atoms with E-state index in [1.54, 1.807) is 36.4 Å². The molecule has 0 saturated carbocycles. The normalized spacial score (nSPS) is 11.1. The van der Waals surface area contributed by atoms with Crippen LogP contribution in [0.3, 0.4) is 0 Å². The summed E-state index contributed by atoms with van der Waals surface area (Å²) in [5.41, 5.74) is 2.02. The van der Waals surface area contributed by atoms with E-state index in [-0.39, 0.29) is 6.61 Å². The second-order valence-corrected chi connectivity index (χ2v) is 5.42. The van der Waals surface area contributed by atoms with Crippen molar-refractivity contribution in [1.82, 2.24) is 0 Å². The van der Waals surface area contributed by atoms with E-state index in [1.165, 1.54) is 6.92 Å². The fourth-order valence-corrected chi connectivity index (χ4v) is 2.00. The van der Waals surface area contributed by atoms with Crippen LogP contribution in [0.1, 0.15) is 18.1 Å². The molecule has 0 aliphatic rings. The minimum absolute atomic E-state index is 0.280. The molecule has 1 N–H and O–H groups in total. The summed E-state index contributed by atoms with van der Waals surface area (Å²) in [5.74, 6) is -0.538. The number of nitriles is 1. The molecule has 1 atom stereocenters. The van der Waals surface area contributed by atoms with Crippen molar-refractivity contribution in [2.24, 2.45) is 0 Å². The van der Waals surface area contributed by atoms with E-state index in [2.05, 4.69) is 5.32 Å². The van der Waals surface area contributed by atoms with E-state index >= 15 is 0 Å². The van der Waals surface area contributed by atoms with Gasteiger partial charge < -0.3 is 14.8 Å². The molecule has 0 spiro atoms. The van der Waals surface area contributed by atoms with Gasteiger partial charge in [0.1, 0.15) is 5.75 Å². The summed E-state index contributed by atoms with van der Waals surface area (Å²) in [7, 11) is 0. The van der Waals surface area contributed by atoms with E-state index in [0.29, 0.717) is 17.0 Å². The van der Waals surface area contributed by atoms with Gasteiger partial charge in [0.05, 0.1) is 11.6 Å². The molecule has 0 heterocycles. The molecule has 0 bridgehead atoms. The highest BCUT2D eigenvalue weighted by Gasteiger charge is 2.18. The van der Waals surface area contributed by atoms with Crippen molar-refractivity contribution in [1.29, 1.82) is 5.26 Å². The first kappa shape index (κ1) is 18.0. The number of hydrogen-bond donors (Lipinski definition) is 1. The van der Waals surface area contributed by atoms with Crippen LogP contribution in [0, 0.1) is 18.3 Å². The number of aryl methyl sites for hydroxylation is 1. The Balaban J connectivity index is 1.81. The molecule has 0 aliphatic carbocycles.